The fourth-order valence-corrected chi connectivity index (χ4v) is 3.16. The third-order valence-electron chi connectivity index (χ3n) is 4.27. The minimum atomic E-state index is 0.151. The van der Waals surface area contributed by atoms with Gasteiger partial charge in [0.15, 0.2) is 0 Å². The molecule has 1 unspecified atom stereocenters. The molecule has 0 spiro atoms. The van der Waals surface area contributed by atoms with Crippen molar-refractivity contribution in [2.45, 2.75) is 6.04 Å². The summed E-state index contributed by atoms with van der Waals surface area (Å²) in [7, 11) is 2.16. The highest BCUT2D eigenvalue weighted by Crippen LogP contribution is 2.31. The number of benzene rings is 2. The number of phenolic OH excluding ortho intramolecular Hbond substituents is 1. The van der Waals surface area contributed by atoms with Crippen LogP contribution in [0.25, 0.3) is 0 Å². The summed E-state index contributed by atoms with van der Waals surface area (Å²) in [6.07, 6.45) is 0. The van der Waals surface area contributed by atoms with E-state index in [1.165, 1.54) is 5.56 Å². The first-order valence-corrected chi connectivity index (χ1v) is 7.98. The monoisotopic (exact) mass is 316 g/mol. The van der Waals surface area contributed by atoms with Gasteiger partial charge in [0.05, 0.1) is 6.04 Å². The fourth-order valence-electron chi connectivity index (χ4n) is 3.03. The lowest BCUT2D eigenvalue weighted by molar-refractivity contribution is 0.127. The molecule has 1 heterocycles. The largest absolute Gasteiger partial charge is 0.508 e. The van der Waals surface area contributed by atoms with E-state index in [1.807, 2.05) is 24.3 Å². The van der Waals surface area contributed by atoms with Crippen LogP contribution in [0.4, 0.5) is 0 Å². The summed E-state index contributed by atoms with van der Waals surface area (Å²) in [5, 5.41) is 10.6. The summed E-state index contributed by atoms with van der Waals surface area (Å²) in [6.45, 7) is 4.14. The van der Waals surface area contributed by atoms with E-state index >= 15 is 0 Å². The van der Waals surface area contributed by atoms with E-state index in [0.717, 1.165) is 36.8 Å². The van der Waals surface area contributed by atoms with E-state index < -0.39 is 0 Å². The Bertz CT molecular complexity index is 621. The highest BCUT2D eigenvalue weighted by atomic mass is 35.5. The highest BCUT2D eigenvalue weighted by Gasteiger charge is 2.25. The van der Waals surface area contributed by atoms with E-state index in [4.69, 9.17) is 11.6 Å². The first-order chi connectivity index (χ1) is 10.6. The van der Waals surface area contributed by atoms with Crippen LogP contribution in [0.3, 0.4) is 0 Å². The number of hydrogen-bond acceptors (Lipinski definition) is 3. The molecule has 3 nitrogen and oxygen atoms in total. The van der Waals surface area contributed by atoms with Gasteiger partial charge >= 0.3 is 0 Å². The zero-order valence-electron chi connectivity index (χ0n) is 12.7. The van der Waals surface area contributed by atoms with Crippen LogP contribution in [0.5, 0.6) is 5.75 Å². The van der Waals surface area contributed by atoms with Gasteiger partial charge < -0.3 is 10.0 Å². The Morgan fingerprint density at radius 2 is 1.64 bits per heavy atom. The first kappa shape index (κ1) is 15.3. The first-order valence-electron chi connectivity index (χ1n) is 7.60. The van der Waals surface area contributed by atoms with Gasteiger partial charge in [-0.15, -0.1) is 0 Å². The van der Waals surface area contributed by atoms with Crippen LogP contribution >= 0.6 is 11.6 Å². The maximum Gasteiger partial charge on any atom is 0.115 e. The molecule has 1 atom stereocenters. The van der Waals surface area contributed by atoms with Crippen molar-refractivity contribution in [1.82, 2.24) is 9.80 Å². The number of hydrogen-bond donors (Lipinski definition) is 1. The van der Waals surface area contributed by atoms with E-state index in [0.29, 0.717) is 5.75 Å². The number of rotatable bonds is 3. The minimum absolute atomic E-state index is 0.151. The second kappa shape index (κ2) is 6.69. The van der Waals surface area contributed by atoms with Gasteiger partial charge in [-0.1, -0.05) is 35.9 Å². The SMILES string of the molecule is CN1CCN(C(c2ccc(Cl)cc2)c2cccc(O)c2)CC1. The Kier molecular flexibility index (Phi) is 4.67. The normalized spacial score (nSPS) is 18.3. The molecule has 22 heavy (non-hydrogen) atoms. The van der Waals surface area contributed by atoms with Crippen molar-refractivity contribution in [1.29, 1.82) is 0 Å². The number of aromatic hydroxyl groups is 1. The maximum absolute atomic E-state index is 9.85. The van der Waals surface area contributed by atoms with Gasteiger partial charge in [0.25, 0.3) is 0 Å². The lowest BCUT2D eigenvalue weighted by atomic mass is 9.96. The molecule has 0 aromatic heterocycles. The Balaban J connectivity index is 1.96. The van der Waals surface area contributed by atoms with E-state index in [2.05, 4.69) is 35.0 Å². The number of phenols is 1. The second-order valence-electron chi connectivity index (χ2n) is 5.89. The average Bonchev–Trinajstić information content (AvgIpc) is 2.51. The zero-order valence-corrected chi connectivity index (χ0v) is 13.5. The zero-order chi connectivity index (χ0) is 15.5. The molecule has 1 aliphatic rings. The molecule has 1 saturated heterocycles. The van der Waals surface area contributed by atoms with Crippen LogP contribution < -0.4 is 0 Å². The fraction of sp³-hybridized carbons (Fsp3) is 0.333. The van der Waals surface area contributed by atoms with E-state index in [9.17, 15) is 5.11 Å². The molecule has 0 radical (unpaired) electrons. The number of likely N-dealkylation sites (N-methyl/N-ethyl adjacent to an activating group) is 1. The van der Waals surface area contributed by atoms with Gasteiger partial charge in [0, 0.05) is 31.2 Å². The summed E-state index contributed by atoms with van der Waals surface area (Å²) in [4.78, 5) is 4.82. The molecular weight excluding hydrogens is 296 g/mol. The predicted octanol–water partition coefficient (Wildman–Crippen LogP) is 3.38. The van der Waals surface area contributed by atoms with Gasteiger partial charge in [0.2, 0.25) is 0 Å². The van der Waals surface area contributed by atoms with Crippen molar-refractivity contribution in [2.75, 3.05) is 33.2 Å². The molecule has 0 saturated carbocycles. The number of nitrogens with zero attached hydrogens (tertiary/aromatic N) is 2. The van der Waals surface area contributed by atoms with Crippen molar-refractivity contribution in [3.8, 4) is 5.75 Å². The Morgan fingerprint density at radius 1 is 0.955 bits per heavy atom. The quantitative estimate of drug-likeness (QED) is 0.940. The van der Waals surface area contributed by atoms with Crippen molar-refractivity contribution in [3.63, 3.8) is 0 Å². The lowest BCUT2D eigenvalue weighted by Gasteiger charge is -2.38. The summed E-state index contributed by atoms with van der Waals surface area (Å²) in [6, 6.07) is 15.7. The van der Waals surface area contributed by atoms with E-state index in [1.54, 1.807) is 6.07 Å². The van der Waals surface area contributed by atoms with Gasteiger partial charge in [-0.3, -0.25) is 4.90 Å². The van der Waals surface area contributed by atoms with Gasteiger partial charge in [-0.2, -0.15) is 0 Å². The van der Waals surface area contributed by atoms with Gasteiger partial charge in [0.1, 0.15) is 5.75 Å². The maximum atomic E-state index is 9.85. The third kappa shape index (κ3) is 3.43. The van der Waals surface area contributed by atoms with Crippen LogP contribution in [-0.4, -0.2) is 48.1 Å². The van der Waals surface area contributed by atoms with Gasteiger partial charge in [-0.05, 0) is 42.4 Å². The molecule has 4 heteroatoms. The van der Waals surface area contributed by atoms with Crippen LogP contribution in [0.2, 0.25) is 5.02 Å². The summed E-state index contributed by atoms with van der Waals surface area (Å²) >= 11 is 6.03. The van der Waals surface area contributed by atoms with Gasteiger partial charge in [-0.25, -0.2) is 0 Å². The standard InChI is InChI=1S/C18H21ClN2O/c1-20-9-11-21(12-10-20)18(14-5-7-16(19)8-6-14)15-3-2-4-17(22)13-15/h2-8,13,18,22H,9-12H2,1H3. The third-order valence-corrected chi connectivity index (χ3v) is 4.53. The molecule has 0 bridgehead atoms. The second-order valence-corrected chi connectivity index (χ2v) is 6.32. The molecule has 0 amide bonds. The Labute approximate surface area is 136 Å². The molecule has 1 N–H and O–H groups in total. The Hall–Kier alpha value is -1.55. The van der Waals surface area contributed by atoms with Crippen molar-refractivity contribution < 1.29 is 5.11 Å². The van der Waals surface area contributed by atoms with Crippen molar-refractivity contribution in [3.05, 3.63) is 64.7 Å². The Morgan fingerprint density at radius 3 is 2.27 bits per heavy atom. The smallest absolute Gasteiger partial charge is 0.115 e. The molecule has 116 valence electrons. The van der Waals surface area contributed by atoms with Crippen LogP contribution in [0, 0.1) is 0 Å². The lowest BCUT2D eigenvalue weighted by Crippen LogP contribution is -2.46. The van der Waals surface area contributed by atoms with Crippen LogP contribution in [0.1, 0.15) is 17.2 Å². The molecule has 0 aliphatic carbocycles. The topological polar surface area (TPSA) is 26.7 Å². The van der Waals surface area contributed by atoms with E-state index in [-0.39, 0.29) is 6.04 Å². The molecule has 3 rings (SSSR count). The number of halogens is 1. The van der Waals surface area contributed by atoms with Crippen LogP contribution in [0.15, 0.2) is 48.5 Å². The van der Waals surface area contributed by atoms with Crippen molar-refractivity contribution in [2.24, 2.45) is 0 Å². The predicted molar refractivity (Wildman–Crippen MR) is 90.5 cm³/mol. The van der Waals surface area contributed by atoms with Crippen LogP contribution in [-0.2, 0) is 0 Å². The minimum Gasteiger partial charge on any atom is -0.508 e. The molecular formula is C18H21ClN2O. The highest BCUT2D eigenvalue weighted by molar-refractivity contribution is 6.30. The molecule has 2 aromatic rings. The summed E-state index contributed by atoms with van der Waals surface area (Å²) in [5.41, 5.74) is 2.33. The van der Waals surface area contributed by atoms with Crippen molar-refractivity contribution >= 4 is 11.6 Å². The summed E-state index contributed by atoms with van der Waals surface area (Å²) in [5.74, 6) is 0.311. The average molecular weight is 317 g/mol. The summed E-state index contributed by atoms with van der Waals surface area (Å²) < 4.78 is 0. The molecule has 2 aromatic carbocycles. The molecule has 1 fully saturated rings. The number of piperazine rings is 1. The molecule has 1 aliphatic heterocycles.